The van der Waals surface area contributed by atoms with Crippen LogP contribution in [-0.2, 0) is 13.6 Å². The molecule has 0 bridgehead atoms. The van der Waals surface area contributed by atoms with Gasteiger partial charge >= 0.3 is 19.9 Å². The summed E-state index contributed by atoms with van der Waals surface area (Å²) in [6.45, 7) is 0. The molecule has 0 aliphatic rings. The molecule has 0 heterocycles. The third-order valence-electron chi connectivity index (χ3n) is 1.45. The molecular weight excluding hydrogens is 253 g/mol. The molecule has 10 heteroatoms. The van der Waals surface area contributed by atoms with Gasteiger partial charge < -0.3 is 9.05 Å². The van der Waals surface area contributed by atoms with Crippen molar-refractivity contribution in [1.29, 1.82) is 0 Å². The minimum absolute atomic E-state index is 0.453. The molecule has 0 saturated heterocycles. The van der Waals surface area contributed by atoms with E-state index >= 15 is 0 Å². The highest BCUT2D eigenvalue weighted by atomic mass is 31.2. The van der Waals surface area contributed by atoms with Gasteiger partial charge in [-0.3, -0.25) is 4.57 Å². The van der Waals surface area contributed by atoms with Crippen LogP contribution in [0.1, 0.15) is 0 Å². The van der Waals surface area contributed by atoms with Crippen molar-refractivity contribution in [1.82, 2.24) is 0 Å². The average molecular weight is 260 g/mol. The van der Waals surface area contributed by atoms with Crippen molar-refractivity contribution < 1.29 is 40.0 Å². The van der Waals surface area contributed by atoms with Crippen molar-refractivity contribution in [2.75, 3.05) is 14.2 Å². The summed E-state index contributed by atoms with van der Waals surface area (Å²) in [6, 6.07) is 0. The molecule has 0 rings (SSSR count). The SMILES string of the molecule is COP(=O)(OC)C(C(F)(F)F)C(F)(F)F. The van der Waals surface area contributed by atoms with Gasteiger partial charge in [-0.15, -0.1) is 0 Å². The van der Waals surface area contributed by atoms with Gasteiger partial charge in [-0.1, -0.05) is 0 Å². The summed E-state index contributed by atoms with van der Waals surface area (Å²) in [5.74, 6) is 0. The summed E-state index contributed by atoms with van der Waals surface area (Å²) < 4.78 is 90.6. The first kappa shape index (κ1) is 14.7. The Morgan fingerprint density at radius 1 is 0.933 bits per heavy atom. The highest BCUT2D eigenvalue weighted by Crippen LogP contribution is 2.62. The van der Waals surface area contributed by atoms with E-state index in [0.29, 0.717) is 14.2 Å². The van der Waals surface area contributed by atoms with E-state index in [1.54, 1.807) is 0 Å². The predicted octanol–water partition coefficient (Wildman–Crippen LogP) is 2.97. The van der Waals surface area contributed by atoms with Gasteiger partial charge in [-0.05, 0) is 0 Å². The second-order valence-electron chi connectivity index (χ2n) is 2.39. The van der Waals surface area contributed by atoms with E-state index in [4.69, 9.17) is 0 Å². The first-order valence-corrected chi connectivity index (χ1v) is 4.95. The minimum Gasteiger partial charge on any atom is -0.311 e. The van der Waals surface area contributed by atoms with Gasteiger partial charge in [0.25, 0.3) is 5.66 Å². The van der Waals surface area contributed by atoms with Crippen LogP contribution in [0.4, 0.5) is 26.3 Å². The Labute approximate surface area is 80.9 Å². The summed E-state index contributed by atoms with van der Waals surface area (Å²) >= 11 is 0. The Kier molecular flexibility index (Phi) is 4.23. The van der Waals surface area contributed by atoms with Crippen molar-refractivity contribution in [3.8, 4) is 0 Å². The van der Waals surface area contributed by atoms with Gasteiger partial charge in [-0.25, -0.2) is 0 Å². The lowest BCUT2D eigenvalue weighted by atomic mass is 10.4. The van der Waals surface area contributed by atoms with Crippen molar-refractivity contribution in [3.63, 3.8) is 0 Å². The highest BCUT2D eigenvalue weighted by molar-refractivity contribution is 7.54. The van der Waals surface area contributed by atoms with Crippen LogP contribution in [-0.4, -0.2) is 32.2 Å². The number of hydrogen-bond donors (Lipinski definition) is 0. The monoisotopic (exact) mass is 260 g/mol. The van der Waals surface area contributed by atoms with Gasteiger partial charge in [0.15, 0.2) is 0 Å². The zero-order valence-electron chi connectivity index (χ0n) is 7.52. The molecule has 0 aromatic rings. The van der Waals surface area contributed by atoms with E-state index < -0.39 is 25.6 Å². The summed E-state index contributed by atoms with van der Waals surface area (Å²) in [6.07, 6.45) is -11.5. The molecule has 0 aromatic heterocycles. The third-order valence-corrected chi connectivity index (χ3v) is 3.68. The van der Waals surface area contributed by atoms with Gasteiger partial charge in [0.2, 0.25) is 0 Å². The molecule has 0 aliphatic carbocycles. The highest BCUT2D eigenvalue weighted by Gasteiger charge is 2.67. The molecule has 0 spiro atoms. The van der Waals surface area contributed by atoms with Crippen molar-refractivity contribution >= 4 is 7.60 Å². The number of rotatable bonds is 3. The second kappa shape index (κ2) is 4.31. The standard InChI is InChI=1S/C5H7F6O3P/c1-13-15(12,14-2)3(4(6,7)8)5(9,10)11/h3H,1-2H3. The first-order valence-electron chi connectivity index (χ1n) is 3.33. The molecule has 0 atom stereocenters. The van der Waals surface area contributed by atoms with Crippen LogP contribution in [0.25, 0.3) is 0 Å². The second-order valence-corrected chi connectivity index (χ2v) is 4.72. The number of hydrogen-bond acceptors (Lipinski definition) is 3. The molecule has 92 valence electrons. The van der Waals surface area contributed by atoms with Crippen molar-refractivity contribution in [3.05, 3.63) is 0 Å². The molecule has 0 N–H and O–H groups in total. The van der Waals surface area contributed by atoms with Crippen LogP contribution < -0.4 is 0 Å². The minimum atomic E-state index is -5.75. The van der Waals surface area contributed by atoms with Crippen LogP contribution in [0, 0.1) is 0 Å². The summed E-state index contributed by atoms with van der Waals surface area (Å²) in [5.41, 5.74) is -4.13. The van der Waals surface area contributed by atoms with E-state index in [2.05, 4.69) is 9.05 Å². The largest absolute Gasteiger partial charge is 0.411 e. The van der Waals surface area contributed by atoms with Gasteiger partial charge in [-0.2, -0.15) is 26.3 Å². The fourth-order valence-electron chi connectivity index (χ4n) is 0.829. The van der Waals surface area contributed by atoms with Crippen LogP contribution in [0.2, 0.25) is 0 Å². The molecule has 0 aromatic carbocycles. The molecule has 0 saturated carbocycles. The maximum Gasteiger partial charge on any atom is 0.411 e. The van der Waals surface area contributed by atoms with Crippen molar-refractivity contribution in [2.45, 2.75) is 18.0 Å². The smallest absolute Gasteiger partial charge is 0.311 e. The molecule has 0 unspecified atom stereocenters. The Hall–Kier alpha value is -0.270. The lowest BCUT2D eigenvalue weighted by Gasteiger charge is -2.27. The molecule has 0 aliphatic heterocycles. The normalized spacial score (nSPS) is 14.7. The lowest BCUT2D eigenvalue weighted by molar-refractivity contribution is -0.231. The zero-order valence-corrected chi connectivity index (χ0v) is 8.41. The molecule has 3 nitrogen and oxygen atoms in total. The maximum absolute atomic E-state index is 12.0. The average Bonchev–Trinajstić information content (AvgIpc) is 1.98. The van der Waals surface area contributed by atoms with E-state index in [1.165, 1.54) is 0 Å². The summed E-state index contributed by atoms with van der Waals surface area (Å²) in [5, 5.41) is 0. The zero-order chi connectivity index (χ0) is 12.5. The van der Waals surface area contributed by atoms with E-state index in [-0.39, 0.29) is 0 Å². The summed E-state index contributed by atoms with van der Waals surface area (Å²) in [4.78, 5) is 0. The number of alkyl halides is 6. The summed E-state index contributed by atoms with van der Waals surface area (Å²) in [7, 11) is -4.38. The lowest BCUT2D eigenvalue weighted by Crippen LogP contribution is -2.42. The molecule has 15 heavy (non-hydrogen) atoms. The van der Waals surface area contributed by atoms with Gasteiger partial charge in [0.1, 0.15) is 0 Å². The van der Waals surface area contributed by atoms with Crippen LogP contribution in [0.5, 0.6) is 0 Å². The number of halogens is 6. The first-order chi connectivity index (χ1) is 6.49. The predicted molar refractivity (Wildman–Crippen MR) is 37.5 cm³/mol. The van der Waals surface area contributed by atoms with Gasteiger partial charge in [0, 0.05) is 14.2 Å². The van der Waals surface area contributed by atoms with E-state index in [1.807, 2.05) is 0 Å². The van der Waals surface area contributed by atoms with Crippen LogP contribution in [0.3, 0.4) is 0 Å². The Morgan fingerprint density at radius 2 is 1.20 bits per heavy atom. The fraction of sp³-hybridized carbons (Fsp3) is 1.00. The van der Waals surface area contributed by atoms with E-state index in [9.17, 15) is 30.9 Å². The van der Waals surface area contributed by atoms with Crippen molar-refractivity contribution in [2.24, 2.45) is 0 Å². The fourth-order valence-corrected chi connectivity index (χ4v) is 2.12. The quantitative estimate of drug-likeness (QED) is 0.578. The van der Waals surface area contributed by atoms with E-state index in [0.717, 1.165) is 0 Å². The Balaban J connectivity index is 5.41. The molecular formula is C5H7F6O3P. The van der Waals surface area contributed by atoms with Gasteiger partial charge in [0.05, 0.1) is 0 Å². The molecule has 0 radical (unpaired) electrons. The molecule has 0 fully saturated rings. The topological polar surface area (TPSA) is 35.5 Å². The van der Waals surface area contributed by atoms with Crippen LogP contribution in [0.15, 0.2) is 0 Å². The Morgan fingerprint density at radius 3 is 1.27 bits per heavy atom. The Bertz CT molecular complexity index is 236. The molecule has 0 amide bonds. The van der Waals surface area contributed by atoms with Crippen LogP contribution >= 0.6 is 7.60 Å². The maximum atomic E-state index is 12.0. The third kappa shape index (κ3) is 3.35.